The first-order chi connectivity index (χ1) is 8.97. The molecule has 0 saturated carbocycles. The van der Waals surface area contributed by atoms with Crippen LogP contribution in [0.3, 0.4) is 0 Å². The Labute approximate surface area is 122 Å². The predicted molar refractivity (Wildman–Crippen MR) is 80.5 cm³/mol. The first-order valence-corrected chi connectivity index (χ1v) is 7.41. The second kappa shape index (κ2) is 7.05. The van der Waals surface area contributed by atoms with E-state index in [0.717, 1.165) is 19.3 Å². The molecule has 1 aromatic rings. The molecule has 19 heavy (non-hydrogen) atoms. The van der Waals surface area contributed by atoms with Gasteiger partial charge in [0.2, 0.25) is 0 Å². The van der Waals surface area contributed by atoms with Gasteiger partial charge in [-0.05, 0) is 35.7 Å². The van der Waals surface area contributed by atoms with Gasteiger partial charge < -0.3 is 10.4 Å². The molecule has 0 aromatic carbocycles. The SMILES string of the molecule is CCCCn1ncc(NC(C)(CC)CO)c(Br)c1=O. The minimum Gasteiger partial charge on any atom is -0.394 e. The van der Waals surface area contributed by atoms with Gasteiger partial charge >= 0.3 is 0 Å². The fraction of sp³-hybridized carbons (Fsp3) is 0.692. The molecular weight excluding hydrogens is 310 g/mol. The molecule has 0 spiro atoms. The van der Waals surface area contributed by atoms with Crippen LogP contribution in [0.25, 0.3) is 0 Å². The van der Waals surface area contributed by atoms with E-state index in [9.17, 15) is 9.90 Å². The Bertz CT molecular complexity index is 469. The normalized spacial score (nSPS) is 14.2. The predicted octanol–water partition coefficient (Wildman–Crippen LogP) is 2.38. The van der Waals surface area contributed by atoms with Crippen LogP contribution in [-0.4, -0.2) is 27.0 Å². The maximum atomic E-state index is 12.1. The van der Waals surface area contributed by atoms with E-state index < -0.39 is 5.54 Å². The number of rotatable bonds is 7. The van der Waals surface area contributed by atoms with Crippen molar-refractivity contribution in [2.75, 3.05) is 11.9 Å². The van der Waals surface area contributed by atoms with E-state index in [1.54, 1.807) is 6.20 Å². The lowest BCUT2D eigenvalue weighted by Crippen LogP contribution is -2.39. The monoisotopic (exact) mass is 331 g/mol. The summed E-state index contributed by atoms with van der Waals surface area (Å²) in [6, 6.07) is 0. The Morgan fingerprint density at radius 3 is 2.74 bits per heavy atom. The molecule has 2 N–H and O–H groups in total. The molecule has 1 aromatic heterocycles. The second-order valence-electron chi connectivity index (χ2n) is 4.95. The van der Waals surface area contributed by atoms with Crippen LogP contribution in [0.5, 0.6) is 0 Å². The van der Waals surface area contributed by atoms with Crippen molar-refractivity contribution >= 4 is 21.6 Å². The smallest absolute Gasteiger partial charge is 0.283 e. The van der Waals surface area contributed by atoms with Gasteiger partial charge in [-0.2, -0.15) is 5.10 Å². The lowest BCUT2D eigenvalue weighted by atomic mass is 10.0. The third-order valence-corrected chi connectivity index (χ3v) is 4.04. The van der Waals surface area contributed by atoms with Crippen LogP contribution in [0, 0.1) is 0 Å². The average molecular weight is 332 g/mol. The van der Waals surface area contributed by atoms with Crippen LogP contribution in [0.1, 0.15) is 40.0 Å². The number of anilines is 1. The fourth-order valence-electron chi connectivity index (χ4n) is 1.58. The first-order valence-electron chi connectivity index (χ1n) is 6.62. The molecular formula is C13H22BrN3O2. The molecule has 108 valence electrons. The van der Waals surface area contributed by atoms with Gasteiger partial charge in [0, 0.05) is 6.54 Å². The average Bonchev–Trinajstić information content (AvgIpc) is 2.43. The van der Waals surface area contributed by atoms with Gasteiger partial charge in [0.15, 0.2) is 0 Å². The molecule has 0 bridgehead atoms. The number of hydrogen-bond acceptors (Lipinski definition) is 4. The fourth-order valence-corrected chi connectivity index (χ4v) is 1.99. The van der Waals surface area contributed by atoms with E-state index in [4.69, 9.17) is 0 Å². The van der Waals surface area contributed by atoms with Gasteiger partial charge in [-0.1, -0.05) is 20.3 Å². The van der Waals surface area contributed by atoms with Crippen LogP contribution < -0.4 is 10.9 Å². The van der Waals surface area contributed by atoms with E-state index >= 15 is 0 Å². The summed E-state index contributed by atoms with van der Waals surface area (Å²) in [6.07, 6.45) is 4.32. The van der Waals surface area contributed by atoms with Crippen molar-refractivity contribution in [1.29, 1.82) is 0 Å². The molecule has 0 aliphatic rings. The molecule has 1 heterocycles. The number of aromatic nitrogens is 2. The molecule has 0 saturated heterocycles. The van der Waals surface area contributed by atoms with Crippen molar-refractivity contribution in [3.63, 3.8) is 0 Å². The molecule has 0 radical (unpaired) electrons. The number of aliphatic hydroxyl groups is 1. The van der Waals surface area contributed by atoms with Crippen molar-refractivity contribution in [3.8, 4) is 0 Å². The highest BCUT2D eigenvalue weighted by atomic mass is 79.9. The highest BCUT2D eigenvalue weighted by Gasteiger charge is 2.22. The highest BCUT2D eigenvalue weighted by Crippen LogP contribution is 2.22. The van der Waals surface area contributed by atoms with Crippen molar-refractivity contribution in [1.82, 2.24) is 9.78 Å². The lowest BCUT2D eigenvalue weighted by Gasteiger charge is -2.28. The zero-order valence-electron chi connectivity index (χ0n) is 11.7. The minimum absolute atomic E-state index is 0.00510. The van der Waals surface area contributed by atoms with Gasteiger partial charge in [0.1, 0.15) is 4.47 Å². The summed E-state index contributed by atoms with van der Waals surface area (Å²) < 4.78 is 1.92. The van der Waals surface area contributed by atoms with E-state index in [2.05, 4.69) is 33.3 Å². The molecule has 0 amide bonds. The Balaban J connectivity index is 2.99. The van der Waals surface area contributed by atoms with Crippen LogP contribution in [0.15, 0.2) is 15.5 Å². The largest absolute Gasteiger partial charge is 0.394 e. The number of aryl methyl sites for hydroxylation is 1. The van der Waals surface area contributed by atoms with Crippen LogP contribution in [0.2, 0.25) is 0 Å². The quantitative estimate of drug-likeness (QED) is 0.804. The van der Waals surface area contributed by atoms with Crippen molar-refractivity contribution in [3.05, 3.63) is 21.0 Å². The molecule has 1 rings (SSSR count). The van der Waals surface area contributed by atoms with Crippen LogP contribution in [0.4, 0.5) is 5.69 Å². The summed E-state index contributed by atoms with van der Waals surface area (Å²) in [5, 5.41) is 16.7. The summed E-state index contributed by atoms with van der Waals surface area (Å²) >= 11 is 3.32. The van der Waals surface area contributed by atoms with Gasteiger partial charge in [0.25, 0.3) is 5.56 Å². The Morgan fingerprint density at radius 1 is 1.53 bits per heavy atom. The topological polar surface area (TPSA) is 67.2 Å². The molecule has 0 aliphatic carbocycles. The van der Waals surface area contributed by atoms with E-state index in [1.807, 2.05) is 13.8 Å². The number of unbranched alkanes of at least 4 members (excludes halogenated alkanes) is 1. The van der Waals surface area contributed by atoms with Crippen molar-refractivity contribution < 1.29 is 5.11 Å². The Kier molecular flexibility index (Phi) is 6.00. The number of nitrogens with one attached hydrogen (secondary N) is 1. The standard InChI is InChI=1S/C13H22BrN3O2/c1-4-6-7-17-12(19)11(14)10(8-15-17)16-13(3,5-2)9-18/h8,16,18H,4-7,9H2,1-3H3. The van der Waals surface area contributed by atoms with Gasteiger partial charge in [0.05, 0.1) is 24.0 Å². The number of halogens is 1. The van der Waals surface area contributed by atoms with Crippen LogP contribution in [-0.2, 0) is 6.54 Å². The molecule has 5 nitrogen and oxygen atoms in total. The molecule has 1 atom stereocenters. The maximum Gasteiger partial charge on any atom is 0.283 e. The highest BCUT2D eigenvalue weighted by molar-refractivity contribution is 9.10. The number of hydrogen-bond donors (Lipinski definition) is 2. The zero-order chi connectivity index (χ0) is 14.5. The van der Waals surface area contributed by atoms with Gasteiger partial charge in [-0.15, -0.1) is 0 Å². The second-order valence-corrected chi connectivity index (χ2v) is 5.74. The Morgan fingerprint density at radius 2 is 2.21 bits per heavy atom. The van der Waals surface area contributed by atoms with Crippen LogP contribution >= 0.6 is 15.9 Å². The summed E-state index contributed by atoms with van der Waals surface area (Å²) in [7, 11) is 0. The lowest BCUT2D eigenvalue weighted by molar-refractivity contribution is 0.219. The van der Waals surface area contributed by atoms with Gasteiger partial charge in [-0.25, -0.2) is 4.68 Å². The summed E-state index contributed by atoms with van der Waals surface area (Å²) in [5.41, 5.74) is 0.0256. The van der Waals surface area contributed by atoms with Crippen molar-refractivity contribution in [2.24, 2.45) is 0 Å². The molecule has 0 fully saturated rings. The first kappa shape index (κ1) is 16.2. The molecule has 0 aliphatic heterocycles. The summed E-state index contributed by atoms with van der Waals surface area (Å²) in [6.45, 7) is 6.58. The van der Waals surface area contributed by atoms with E-state index in [0.29, 0.717) is 16.7 Å². The number of aliphatic hydroxyl groups excluding tert-OH is 1. The number of nitrogens with zero attached hydrogens (tertiary/aromatic N) is 2. The third-order valence-electron chi connectivity index (χ3n) is 3.27. The molecule has 1 unspecified atom stereocenters. The van der Waals surface area contributed by atoms with Gasteiger partial charge in [-0.3, -0.25) is 4.79 Å². The zero-order valence-corrected chi connectivity index (χ0v) is 13.3. The maximum absolute atomic E-state index is 12.1. The Hall–Kier alpha value is -0.880. The molecule has 6 heteroatoms. The van der Waals surface area contributed by atoms with E-state index in [-0.39, 0.29) is 12.2 Å². The van der Waals surface area contributed by atoms with Crippen molar-refractivity contribution in [2.45, 2.75) is 52.1 Å². The minimum atomic E-state index is -0.452. The third kappa shape index (κ3) is 4.04. The van der Waals surface area contributed by atoms with E-state index in [1.165, 1.54) is 4.68 Å². The summed E-state index contributed by atoms with van der Waals surface area (Å²) in [5.74, 6) is 0. The summed E-state index contributed by atoms with van der Waals surface area (Å²) in [4.78, 5) is 12.1.